The predicted octanol–water partition coefficient (Wildman–Crippen LogP) is 6.40. The summed E-state index contributed by atoms with van der Waals surface area (Å²) in [7, 11) is 0. The number of carbonyl (C=O) groups excluding carboxylic acids is 1. The molecule has 10 heteroatoms. The Bertz CT molecular complexity index is 920. The van der Waals surface area contributed by atoms with Gasteiger partial charge in [0, 0.05) is 0 Å². The van der Waals surface area contributed by atoms with Crippen LogP contribution in [0.3, 0.4) is 0 Å². The van der Waals surface area contributed by atoms with Gasteiger partial charge in [0.1, 0.15) is 6.34 Å². The molecular weight excluding hydrogens is 426 g/mol. The summed E-state index contributed by atoms with van der Waals surface area (Å²) in [6, 6.07) is 6.10. The number of halogens is 6. The van der Waals surface area contributed by atoms with Crippen LogP contribution in [0.15, 0.2) is 41.4 Å². The van der Waals surface area contributed by atoms with Gasteiger partial charge in [-0.25, -0.2) is 15.3 Å². The Morgan fingerprint density at radius 3 is 2.16 bits per heavy atom. The summed E-state index contributed by atoms with van der Waals surface area (Å²) in [6.45, 7) is 3.91. The third-order valence-corrected chi connectivity index (χ3v) is 4.31. The second-order valence-electron chi connectivity index (χ2n) is 6.78. The molecule has 1 N–H and O–H groups in total. The molecule has 0 aliphatic rings. The minimum absolute atomic E-state index is 0.0708. The maximum atomic E-state index is 12.9. The van der Waals surface area contributed by atoms with Gasteiger partial charge in [0.25, 0.3) is 0 Å². The van der Waals surface area contributed by atoms with Gasteiger partial charge in [-0.3, -0.25) is 0 Å². The van der Waals surface area contributed by atoms with E-state index in [2.05, 4.69) is 16.8 Å². The van der Waals surface area contributed by atoms with Crippen molar-refractivity contribution in [3.8, 4) is 0 Å². The lowest BCUT2D eigenvalue weighted by Gasteiger charge is -2.13. The Morgan fingerprint density at radius 2 is 1.65 bits per heavy atom. The van der Waals surface area contributed by atoms with Gasteiger partial charge in [0.05, 0.1) is 22.4 Å². The highest BCUT2D eigenvalue weighted by atomic mass is 19.4. The zero-order valence-corrected chi connectivity index (χ0v) is 16.7. The van der Waals surface area contributed by atoms with Gasteiger partial charge in [-0.1, -0.05) is 25.5 Å². The van der Waals surface area contributed by atoms with Crippen LogP contribution in [0.5, 0.6) is 0 Å². The number of nitrogens with one attached hydrogen (secondary N) is 1. The minimum Gasteiger partial charge on any atom is -0.337 e. The summed E-state index contributed by atoms with van der Waals surface area (Å²) >= 11 is 0. The molecule has 0 aliphatic carbocycles. The molecule has 0 fully saturated rings. The Kier molecular flexibility index (Phi) is 7.70. The van der Waals surface area contributed by atoms with Crippen LogP contribution < -0.4 is 5.48 Å². The molecule has 2 aromatic carbocycles. The highest BCUT2D eigenvalue weighted by molar-refractivity contribution is 5.90. The standard InChI is InChI=1S/C21H20F6N2O2/c1-3-4-5-14-6-7-18(13(2)8-14)28-12-29-31-19(30)15-9-16(20(22,23)24)11-17(10-15)21(25,26)27/h6-12H,3-5H2,1-2H3,(H,28,29). The van der Waals surface area contributed by atoms with E-state index in [4.69, 9.17) is 0 Å². The van der Waals surface area contributed by atoms with E-state index >= 15 is 0 Å². The number of nitrogens with zero attached hydrogens (tertiary/aromatic N) is 1. The van der Waals surface area contributed by atoms with Crippen LogP contribution in [0.1, 0.15) is 52.4 Å². The van der Waals surface area contributed by atoms with Gasteiger partial charge < -0.3 is 4.84 Å². The number of aliphatic imine (C=N–C) groups is 1. The van der Waals surface area contributed by atoms with Crippen LogP contribution >= 0.6 is 0 Å². The van der Waals surface area contributed by atoms with E-state index in [1.54, 1.807) is 6.07 Å². The molecule has 168 valence electrons. The van der Waals surface area contributed by atoms with Crippen molar-refractivity contribution in [3.63, 3.8) is 0 Å². The second kappa shape index (κ2) is 9.84. The summed E-state index contributed by atoms with van der Waals surface area (Å²) in [5.41, 5.74) is 0.450. The fourth-order valence-electron chi connectivity index (χ4n) is 2.71. The SMILES string of the molecule is CCCCc1ccc(N=CNOC(=O)c2cc(C(F)(F)F)cc(C(F)(F)F)c2)c(C)c1. The zero-order chi connectivity index (χ0) is 23.2. The lowest BCUT2D eigenvalue weighted by molar-refractivity contribution is -0.143. The van der Waals surface area contributed by atoms with E-state index in [0.29, 0.717) is 5.69 Å². The number of carbonyl (C=O) groups is 1. The molecule has 31 heavy (non-hydrogen) atoms. The van der Waals surface area contributed by atoms with E-state index in [-0.39, 0.29) is 18.2 Å². The lowest BCUT2D eigenvalue weighted by Crippen LogP contribution is -2.20. The Balaban J connectivity index is 2.09. The number of unbranched alkanes of at least 4 members (excludes halogenated alkanes) is 1. The highest BCUT2D eigenvalue weighted by Gasteiger charge is 2.37. The van der Waals surface area contributed by atoms with Gasteiger partial charge in [0.15, 0.2) is 0 Å². The first-order valence-corrected chi connectivity index (χ1v) is 9.30. The summed E-state index contributed by atoms with van der Waals surface area (Å²) in [6.07, 6.45) is -6.12. The molecule has 2 rings (SSSR count). The van der Waals surface area contributed by atoms with E-state index in [1.165, 1.54) is 0 Å². The monoisotopic (exact) mass is 446 g/mol. The molecule has 0 saturated carbocycles. The minimum atomic E-state index is -5.06. The van der Waals surface area contributed by atoms with Gasteiger partial charge in [-0.2, -0.15) is 26.3 Å². The fraction of sp³-hybridized carbons (Fsp3) is 0.333. The van der Waals surface area contributed by atoms with Crippen molar-refractivity contribution in [3.05, 3.63) is 64.2 Å². The van der Waals surface area contributed by atoms with Gasteiger partial charge >= 0.3 is 18.3 Å². The predicted molar refractivity (Wildman–Crippen MR) is 103 cm³/mol. The van der Waals surface area contributed by atoms with E-state index in [0.717, 1.165) is 36.7 Å². The molecular formula is C21H20F6N2O2. The Morgan fingerprint density at radius 1 is 1.03 bits per heavy atom. The molecule has 0 aliphatic heterocycles. The van der Waals surface area contributed by atoms with Crippen LogP contribution in [0.2, 0.25) is 0 Å². The van der Waals surface area contributed by atoms with Crippen LogP contribution in [-0.4, -0.2) is 12.3 Å². The molecule has 0 saturated heterocycles. The first-order valence-electron chi connectivity index (χ1n) is 9.30. The summed E-state index contributed by atoms with van der Waals surface area (Å²) in [4.78, 5) is 20.5. The Hall–Kier alpha value is -3.04. The second-order valence-corrected chi connectivity index (χ2v) is 6.78. The molecule has 0 bridgehead atoms. The molecule has 2 aromatic rings. The van der Waals surface area contributed by atoms with Crippen LogP contribution in [0.4, 0.5) is 32.0 Å². The third-order valence-electron chi connectivity index (χ3n) is 4.31. The summed E-state index contributed by atoms with van der Waals surface area (Å²) in [5, 5.41) is 0. The molecule has 4 nitrogen and oxygen atoms in total. The zero-order valence-electron chi connectivity index (χ0n) is 16.7. The Labute approximate surface area is 174 Å². The first kappa shape index (κ1) is 24.2. The average molecular weight is 446 g/mol. The van der Waals surface area contributed by atoms with Crippen LogP contribution in [0.25, 0.3) is 0 Å². The summed E-state index contributed by atoms with van der Waals surface area (Å²) in [5.74, 6) is -1.42. The topological polar surface area (TPSA) is 50.7 Å². The maximum absolute atomic E-state index is 12.9. The normalized spacial score (nSPS) is 12.3. The smallest absolute Gasteiger partial charge is 0.337 e. The van der Waals surface area contributed by atoms with Gasteiger partial charge in [-0.15, -0.1) is 0 Å². The molecule has 0 atom stereocenters. The molecule has 0 radical (unpaired) electrons. The van der Waals surface area contributed by atoms with E-state index in [1.807, 2.05) is 24.5 Å². The lowest BCUT2D eigenvalue weighted by atomic mass is 10.0. The largest absolute Gasteiger partial charge is 0.416 e. The van der Waals surface area contributed by atoms with E-state index < -0.39 is 35.0 Å². The van der Waals surface area contributed by atoms with Gasteiger partial charge in [-0.05, 0) is 55.2 Å². The number of hydroxylamine groups is 1. The number of hydrogen-bond donors (Lipinski definition) is 1. The highest BCUT2D eigenvalue weighted by Crippen LogP contribution is 2.36. The third kappa shape index (κ3) is 7.01. The van der Waals surface area contributed by atoms with Crippen molar-refractivity contribution >= 4 is 18.0 Å². The van der Waals surface area contributed by atoms with E-state index in [9.17, 15) is 31.1 Å². The maximum Gasteiger partial charge on any atom is 0.416 e. The molecule has 0 amide bonds. The van der Waals surface area contributed by atoms with Crippen LogP contribution in [0, 0.1) is 6.92 Å². The first-order chi connectivity index (χ1) is 14.4. The molecule has 0 heterocycles. The average Bonchev–Trinajstić information content (AvgIpc) is 2.69. The number of alkyl halides is 6. The summed E-state index contributed by atoms with van der Waals surface area (Å²) < 4.78 is 77.2. The number of hydrogen-bond acceptors (Lipinski definition) is 3. The molecule has 0 spiro atoms. The van der Waals surface area contributed by atoms with Crippen molar-refractivity contribution in [2.24, 2.45) is 4.99 Å². The van der Waals surface area contributed by atoms with Crippen LogP contribution in [-0.2, 0) is 23.6 Å². The van der Waals surface area contributed by atoms with Gasteiger partial charge in [0.2, 0.25) is 0 Å². The number of aryl methyl sites for hydroxylation is 2. The quantitative estimate of drug-likeness (QED) is 0.232. The van der Waals surface area contributed by atoms with Crippen molar-refractivity contribution in [2.75, 3.05) is 0 Å². The van der Waals surface area contributed by atoms with Crippen molar-refractivity contribution in [1.29, 1.82) is 0 Å². The fourth-order valence-corrected chi connectivity index (χ4v) is 2.71. The van der Waals surface area contributed by atoms with Crippen molar-refractivity contribution < 1.29 is 36.0 Å². The number of rotatable bonds is 7. The van der Waals surface area contributed by atoms with Crippen molar-refractivity contribution in [1.82, 2.24) is 5.48 Å². The van der Waals surface area contributed by atoms with Crippen molar-refractivity contribution in [2.45, 2.75) is 45.5 Å². The molecule has 0 aromatic heterocycles. The number of benzene rings is 2. The molecule has 0 unspecified atom stereocenters.